The Kier molecular flexibility index (Phi) is 11.0. The average Bonchev–Trinajstić information content (AvgIpc) is 3.64. The van der Waals surface area contributed by atoms with Crippen LogP contribution >= 0.6 is 0 Å². The van der Waals surface area contributed by atoms with Gasteiger partial charge in [0.05, 0.1) is 6.04 Å². The second-order valence-electron chi connectivity index (χ2n) is 11.9. The number of aromatic nitrogens is 2. The van der Waals surface area contributed by atoms with E-state index in [0.29, 0.717) is 12.8 Å². The molecule has 2 heterocycles. The van der Waals surface area contributed by atoms with Crippen LogP contribution < -0.4 is 21.7 Å². The van der Waals surface area contributed by atoms with Gasteiger partial charge in [-0.15, -0.1) is 0 Å². The molecule has 4 rings (SSSR count). The molecule has 11 heteroatoms. The predicted molar refractivity (Wildman–Crippen MR) is 174 cm³/mol. The Morgan fingerprint density at radius 2 is 1.20 bits per heavy atom. The SMILES string of the molecule is CCC(C)C(NC(=O)C(NC(=O)C(Cc1c[nH]c2ccccc12)NC(=O)C(N)Cc1c[nH]c2ccccc12)C(C)CC)C(=O)O. The van der Waals surface area contributed by atoms with Gasteiger partial charge in [-0.2, -0.15) is 0 Å². The first kappa shape index (κ1) is 33.3. The molecular formula is C34H44N6O5. The molecule has 6 unspecified atom stereocenters. The number of carbonyl (C=O) groups is 4. The van der Waals surface area contributed by atoms with Crippen LogP contribution in [0.1, 0.15) is 51.7 Å². The number of nitrogens with two attached hydrogens (primary N) is 1. The van der Waals surface area contributed by atoms with E-state index in [4.69, 9.17) is 5.73 Å². The Balaban J connectivity index is 1.57. The smallest absolute Gasteiger partial charge is 0.326 e. The van der Waals surface area contributed by atoms with E-state index in [1.807, 2.05) is 75.5 Å². The standard InChI is InChI=1S/C34H44N6O5/c1-5-19(3)29(33(43)40-30(34(44)45)20(4)6-2)39-32(42)28(16-22-18-37-27-14-10-8-12-24(22)27)38-31(41)25(35)15-21-17-36-26-13-9-7-11-23(21)26/h7-14,17-20,25,28-30,36-37H,5-6,15-16,35H2,1-4H3,(H,38,41)(H,39,42)(H,40,43)(H,44,45). The van der Waals surface area contributed by atoms with Crippen molar-refractivity contribution in [2.75, 3.05) is 0 Å². The zero-order chi connectivity index (χ0) is 32.7. The van der Waals surface area contributed by atoms with Crippen LogP contribution in [0.25, 0.3) is 21.8 Å². The summed E-state index contributed by atoms with van der Waals surface area (Å²) >= 11 is 0. The number of H-pyrrole nitrogens is 2. The van der Waals surface area contributed by atoms with Crippen molar-refractivity contribution in [2.45, 2.75) is 77.5 Å². The zero-order valence-electron chi connectivity index (χ0n) is 26.2. The summed E-state index contributed by atoms with van der Waals surface area (Å²) in [6.45, 7) is 7.30. The Morgan fingerprint density at radius 3 is 1.73 bits per heavy atom. The minimum Gasteiger partial charge on any atom is -0.480 e. The molecule has 0 aliphatic carbocycles. The van der Waals surface area contributed by atoms with Gasteiger partial charge in [0.2, 0.25) is 17.7 Å². The van der Waals surface area contributed by atoms with Crippen molar-refractivity contribution >= 4 is 45.5 Å². The van der Waals surface area contributed by atoms with Gasteiger partial charge in [0, 0.05) is 40.6 Å². The molecule has 0 bridgehead atoms. The van der Waals surface area contributed by atoms with E-state index in [-0.39, 0.29) is 24.7 Å². The van der Waals surface area contributed by atoms with E-state index in [9.17, 15) is 24.3 Å². The Hall–Kier alpha value is -4.64. The van der Waals surface area contributed by atoms with Gasteiger partial charge in [-0.25, -0.2) is 4.79 Å². The molecule has 2 aromatic carbocycles. The van der Waals surface area contributed by atoms with Crippen LogP contribution in [0.2, 0.25) is 0 Å². The van der Waals surface area contributed by atoms with Crippen molar-refractivity contribution in [3.05, 3.63) is 72.1 Å². The largest absolute Gasteiger partial charge is 0.480 e. The van der Waals surface area contributed by atoms with Crippen molar-refractivity contribution in [3.8, 4) is 0 Å². The minimum atomic E-state index is -1.14. The van der Waals surface area contributed by atoms with Crippen molar-refractivity contribution in [1.29, 1.82) is 0 Å². The molecule has 0 radical (unpaired) electrons. The lowest BCUT2D eigenvalue weighted by atomic mass is 9.94. The fourth-order valence-electron chi connectivity index (χ4n) is 5.52. The maximum atomic E-state index is 13.9. The number of nitrogens with one attached hydrogen (secondary N) is 5. The molecular weight excluding hydrogens is 572 g/mol. The third-order valence-corrected chi connectivity index (χ3v) is 8.75. The van der Waals surface area contributed by atoms with E-state index >= 15 is 0 Å². The van der Waals surface area contributed by atoms with E-state index in [0.717, 1.165) is 32.9 Å². The highest BCUT2D eigenvalue weighted by Crippen LogP contribution is 2.21. The summed E-state index contributed by atoms with van der Waals surface area (Å²) in [6.07, 6.45) is 5.12. The van der Waals surface area contributed by atoms with E-state index in [1.165, 1.54) is 0 Å². The molecule has 8 N–H and O–H groups in total. The molecule has 0 spiro atoms. The number of hydrogen-bond donors (Lipinski definition) is 7. The number of rotatable bonds is 15. The maximum Gasteiger partial charge on any atom is 0.326 e. The number of benzene rings is 2. The normalized spacial score (nSPS) is 15.5. The van der Waals surface area contributed by atoms with Gasteiger partial charge in [-0.05, 0) is 41.5 Å². The summed E-state index contributed by atoms with van der Waals surface area (Å²) in [7, 11) is 0. The topological polar surface area (TPSA) is 182 Å². The summed E-state index contributed by atoms with van der Waals surface area (Å²) in [5.74, 6) is -3.42. The van der Waals surface area contributed by atoms with Crippen LogP contribution in [0.15, 0.2) is 60.9 Å². The molecule has 6 atom stereocenters. The van der Waals surface area contributed by atoms with Crippen LogP contribution in [0.5, 0.6) is 0 Å². The Bertz CT molecular complexity index is 1640. The van der Waals surface area contributed by atoms with Crippen LogP contribution in [-0.4, -0.2) is 62.9 Å². The van der Waals surface area contributed by atoms with Crippen LogP contribution in [-0.2, 0) is 32.0 Å². The van der Waals surface area contributed by atoms with Crippen molar-refractivity contribution in [2.24, 2.45) is 17.6 Å². The monoisotopic (exact) mass is 616 g/mol. The van der Waals surface area contributed by atoms with Gasteiger partial charge in [0.15, 0.2) is 0 Å². The molecule has 0 aliphatic heterocycles. The summed E-state index contributed by atoms with van der Waals surface area (Å²) in [6, 6.07) is 11.2. The Morgan fingerprint density at radius 1 is 0.711 bits per heavy atom. The number of carboxylic acids is 1. The van der Waals surface area contributed by atoms with E-state index in [2.05, 4.69) is 25.9 Å². The highest BCUT2D eigenvalue weighted by atomic mass is 16.4. The van der Waals surface area contributed by atoms with Crippen molar-refractivity contribution < 1.29 is 24.3 Å². The molecule has 4 aromatic rings. The molecule has 0 saturated carbocycles. The van der Waals surface area contributed by atoms with Gasteiger partial charge in [-0.3, -0.25) is 14.4 Å². The fraction of sp³-hybridized carbons (Fsp3) is 0.412. The molecule has 3 amide bonds. The molecule has 2 aromatic heterocycles. The second kappa shape index (κ2) is 14.9. The van der Waals surface area contributed by atoms with Crippen LogP contribution in [0, 0.1) is 11.8 Å². The number of aromatic amines is 2. The molecule has 0 fully saturated rings. The lowest BCUT2D eigenvalue weighted by Crippen LogP contribution is -2.59. The van der Waals surface area contributed by atoms with E-state index in [1.54, 1.807) is 13.1 Å². The number of carboxylic acid groups (broad SMARTS) is 1. The number of hydrogen-bond acceptors (Lipinski definition) is 5. The third-order valence-electron chi connectivity index (χ3n) is 8.75. The quantitative estimate of drug-likeness (QED) is 0.107. The van der Waals surface area contributed by atoms with Crippen LogP contribution in [0.4, 0.5) is 0 Å². The van der Waals surface area contributed by atoms with Gasteiger partial charge in [-0.1, -0.05) is 76.9 Å². The number of carbonyl (C=O) groups excluding carboxylic acids is 3. The zero-order valence-corrected chi connectivity index (χ0v) is 26.2. The molecule has 45 heavy (non-hydrogen) atoms. The number of fused-ring (bicyclic) bond motifs is 2. The minimum absolute atomic E-state index is 0.140. The predicted octanol–water partition coefficient (Wildman–Crippen LogP) is 3.39. The van der Waals surface area contributed by atoms with E-state index < -0.39 is 47.9 Å². The summed E-state index contributed by atoms with van der Waals surface area (Å²) in [5.41, 5.74) is 9.88. The summed E-state index contributed by atoms with van der Waals surface area (Å²) in [4.78, 5) is 59.1. The molecule has 240 valence electrons. The highest BCUT2D eigenvalue weighted by Gasteiger charge is 2.34. The van der Waals surface area contributed by atoms with Crippen molar-refractivity contribution in [1.82, 2.24) is 25.9 Å². The second-order valence-corrected chi connectivity index (χ2v) is 11.9. The van der Waals surface area contributed by atoms with Gasteiger partial charge in [0.1, 0.15) is 18.1 Å². The summed E-state index contributed by atoms with van der Waals surface area (Å²) in [5, 5.41) is 19.9. The average molecular weight is 617 g/mol. The lowest BCUT2D eigenvalue weighted by molar-refractivity contribution is -0.144. The first-order valence-corrected chi connectivity index (χ1v) is 15.5. The molecule has 0 saturated heterocycles. The summed E-state index contributed by atoms with van der Waals surface area (Å²) < 4.78 is 0. The highest BCUT2D eigenvalue weighted by molar-refractivity contribution is 5.95. The number of amides is 3. The lowest BCUT2D eigenvalue weighted by Gasteiger charge is -2.29. The molecule has 11 nitrogen and oxygen atoms in total. The first-order valence-electron chi connectivity index (χ1n) is 15.5. The number of aliphatic carboxylic acids is 1. The number of para-hydroxylation sites is 2. The van der Waals surface area contributed by atoms with Gasteiger partial charge in [0.25, 0.3) is 0 Å². The van der Waals surface area contributed by atoms with Crippen LogP contribution in [0.3, 0.4) is 0 Å². The van der Waals surface area contributed by atoms with Gasteiger partial charge < -0.3 is 36.8 Å². The van der Waals surface area contributed by atoms with Crippen molar-refractivity contribution in [3.63, 3.8) is 0 Å². The fourth-order valence-corrected chi connectivity index (χ4v) is 5.52. The Labute approximate surface area is 262 Å². The maximum absolute atomic E-state index is 13.9. The third kappa shape index (κ3) is 7.91. The first-order chi connectivity index (χ1) is 21.5. The van der Waals surface area contributed by atoms with Gasteiger partial charge >= 0.3 is 5.97 Å². The molecule has 0 aliphatic rings.